The molecule has 0 spiro atoms. The Hall–Kier alpha value is -1.95. The summed E-state index contributed by atoms with van der Waals surface area (Å²) in [6.45, 7) is 14.5. The van der Waals surface area contributed by atoms with Crippen molar-refractivity contribution in [3.05, 3.63) is 18.2 Å². The van der Waals surface area contributed by atoms with Gasteiger partial charge < -0.3 is 25.0 Å². The van der Waals surface area contributed by atoms with Gasteiger partial charge in [0.2, 0.25) is 0 Å². The first-order valence-corrected chi connectivity index (χ1v) is 10.6. The summed E-state index contributed by atoms with van der Waals surface area (Å²) in [6.07, 6.45) is 2.53. The fourth-order valence-corrected chi connectivity index (χ4v) is 3.67. The van der Waals surface area contributed by atoms with Crippen molar-refractivity contribution in [1.82, 2.24) is 10.2 Å². The quantitative estimate of drug-likeness (QED) is 0.496. The standard InChI is InChI=1S/C22H38N4O2/c1-6-23-22(24-14-18-9-8-12-26(16-18)15-17(3)4)25-19-10-11-20(28-7-2)21(13-19)27-5/h10-11,13,17-18H,6-9,12,14-16H2,1-5H3,(H2,23,24,25). The third-order valence-corrected chi connectivity index (χ3v) is 4.80. The molecule has 6 nitrogen and oxygen atoms in total. The van der Waals surface area contributed by atoms with Crippen LogP contribution in [0.15, 0.2) is 23.2 Å². The highest BCUT2D eigenvalue weighted by Gasteiger charge is 2.20. The molecule has 2 N–H and O–H groups in total. The molecule has 1 aliphatic rings. The number of anilines is 1. The first-order chi connectivity index (χ1) is 13.5. The molecule has 0 aliphatic carbocycles. The molecule has 0 amide bonds. The lowest BCUT2D eigenvalue weighted by Gasteiger charge is -2.33. The second kappa shape index (κ2) is 11.8. The molecule has 0 bridgehead atoms. The number of aliphatic imine (C=N–C) groups is 1. The van der Waals surface area contributed by atoms with E-state index in [4.69, 9.17) is 14.5 Å². The Bertz CT molecular complexity index is 619. The Labute approximate surface area is 170 Å². The van der Waals surface area contributed by atoms with Gasteiger partial charge in [-0.1, -0.05) is 13.8 Å². The Balaban J connectivity index is 2.00. The molecule has 28 heavy (non-hydrogen) atoms. The van der Waals surface area contributed by atoms with Gasteiger partial charge in [0, 0.05) is 37.9 Å². The largest absolute Gasteiger partial charge is 0.493 e. The number of guanidine groups is 1. The molecule has 1 aromatic carbocycles. The zero-order chi connectivity index (χ0) is 20.4. The summed E-state index contributed by atoms with van der Waals surface area (Å²) < 4.78 is 11.0. The van der Waals surface area contributed by atoms with E-state index in [9.17, 15) is 0 Å². The molecule has 1 saturated heterocycles. The molecule has 0 aromatic heterocycles. The number of methoxy groups -OCH3 is 1. The van der Waals surface area contributed by atoms with Crippen LogP contribution in [0.5, 0.6) is 11.5 Å². The average Bonchev–Trinajstić information content (AvgIpc) is 2.67. The highest BCUT2D eigenvalue weighted by molar-refractivity contribution is 5.93. The number of ether oxygens (including phenoxy) is 2. The Morgan fingerprint density at radius 3 is 2.79 bits per heavy atom. The monoisotopic (exact) mass is 390 g/mol. The number of hydrogen-bond donors (Lipinski definition) is 2. The number of piperidine rings is 1. The van der Waals surface area contributed by atoms with Crippen molar-refractivity contribution >= 4 is 11.6 Å². The van der Waals surface area contributed by atoms with Crippen LogP contribution in [-0.4, -0.2) is 57.3 Å². The van der Waals surface area contributed by atoms with E-state index in [-0.39, 0.29) is 0 Å². The number of rotatable bonds is 9. The normalized spacial score (nSPS) is 18.2. The summed E-state index contributed by atoms with van der Waals surface area (Å²) in [5, 5.41) is 6.74. The van der Waals surface area contributed by atoms with Crippen molar-refractivity contribution in [2.45, 2.75) is 40.5 Å². The molecule has 1 fully saturated rings. The van der Waals surface area contributed by atoms with Crippen LogP contribution in [0, 0.1) is 11.8 Å². The van der Waals surface area contributed by atoms with Gasteiger partial charge in [-0.05, 0) is 57.2 Å². The second-order valence-electron chi connectivity index (χ2n) is 7.80. The maximum atomic E-state index is 5.60. The molecule has 1 heterocycles. The van der Waals surface area contributed by atoms with Crippen LogP contribution in [0.3, 0.4) is 0 Å². The highest BCUT2D eigenvalue weighted by Crippen LogP contribution is 2.30. The third kappa shape index (κ3) is 7.23. The predicted octanol–water partition coefficient (Wildman–Crippen LogP) is 3.84. The van der Waals surface area contributed by atoms with E-state index in [0.29, 0.717) is 12.5 Å². The molecule has 1 atom stereocenters. The van der Waals surface area contributed by atoms with Crippen LogP contribution in [0.25, 0.3) is 0 Å². The van der Waals surface area contributed by atoms with Gasteiger partial charge in [-0.15, -0.1) is 0 Å². The summed E-state index contributed by atoms with van der Waals surface area (Å²) in [7, 11) is 1.66. The van der Waals surface area contributed by atoms with Crippen LogP contribution in [0.2, 0.25) is 0 Å². The fraction of sp³-hybridized carbons (Fsp3) is 0.682. The molecular formula is C22H38N4O2. The fourth-order valence-electron chi connectivity index (χ4n) is 3.67. The SMILES string of the molecule is CCNC(=NCC1CCCN(CC(C)C)C1)Nc1ccc(OCC)c(OC)c1. The molecule has 1 aliphatic heterocycles. The molecule has 2 rings (SSSR count). The van der Waals surface area contributed by atoms with E-state index in [2.05, 4.69) is 36.3 Å². The van der Waals surface area contributed by atoms with Gasteiger partial charge >= 0.3 is 0 Å². The Kier molecular flexibility index (Phi) is 9.41. The van der Waals surface area contributed by atoms with Crippen molar-refractivity contribution in [2.24, 2.45) is 16.8 Å². The van der Waals surface area contributed by atoms with Gasteiger partial charge in [-0.2, -0.15) is 0 Å². The van der Waals surface area contributed by atoms with Crippen molar-refractivity contribution in [3.8, 4) is 11.5 Å². The second-order valence-corrected chi connectivity index (χ2v) is 7.80. The van der Waals surface area contributed by atoms with Crippen LogP contribution in [0.4, 0.5) is 5.69 Å². The van der Waals surface area contributed by atoms with Crippen molar-refractivity contribution < 1.29 is 9.47 Å². The maximum Gasteiger partial charge on any atom is 0.195 e. The highest BCUT2D eigenvalue weighted by atomic mass is 16.5. The van der Waals surface area contributed by atoms with Gasteiger partial charge in [0.25, 0.3) is 0 Å². The summed E-state index contributed by atoms with van der Waals surface area (Å²) in [5.41, 5.74) is 0.935. The lowest BCUT2D eigenvalue weighted by molar-refractivity contribution is 0.162. The van der Waals surface area contributed by atoms with Crippen LogP contribution < -0.4 is 20.1 Å². The Morgan fingerprint density at radius 1 is 1.29 bits per heavy atom. The lowest BCUT2D eigenvalue weighted by Crippen LogP contribution is -2.39. The number of benzene rings is 1. The van der Waals surface area contributed by atoms with Gasteiger partial charge in [0.05, 0.1) is 13.7 Å². The number of nitrogens with one attached hydrogen (secondary N) is 2. The predicted molar refractivity (Wildman–Crippen MR) is 118 cm³/mol. The Morgan fingerprint density at radius 2 is 2.11 bits per heavy atom. The van der Waals surface area contributed by atoms with E-state index < -0.39 is 0 Å². The molecular weight excluding hydrogens is 352 g/mol. The molecule has 158 valence electrons. The zero-order valence-electron chi connectivity index (χ0n) is 18.3. The summed E-state index contributed by atoms with van der Waals surface area (Å²) in [5.74, 6) is 3.63. The van der Waals surface area contributed by atoms with Crippen LogP contribution in [-0.2, 0) is 0 Å². The molecule has 0 radical (unpaired) electrons. The third-order valence-electron chi connectivity index (χ3n) is 4.80. The number of nitrogens with zero attached hydrogens (tertiary/aromatic N) is 2. The molecule has 1 unspecified atom stereocenters. The van der Waals surface area contributed by atoms with Gasteiger partial charge in [-0.25, -0.2) is 0 Å². The van der Waals surface area contributed by atoms with Gasteiger partial charge in [0.15, 0.2) is 17.5 Å². The van der Waals surface area contributed by atoms with Crippen molar-refractivity contribution in [3.63, 3.8) is 0 Å². The number of hydrogen-bond acceptors (Lipinski definition) is 4. The minimum absolute atomic E-state index is 0.614. The minimum Gasteiger partial charge on any atom is -0.493 e. The number of likely N-dealkylation sites (tertiary alicyclic amines) is 1. The van der Waals surface area contributed by atoms with E-state index in [0.717, 1.165) is 48.7 Å². The zero-order valence-corrected chi connectivity index (χ0v) is 18.3. The van der Waals surface area contributed by atoms with Gasteiger partial charge in [-0.3, -0.25) is 4.99 Å². The van der Waals surface area contributed by atoms with Crippen molar-refractivity contribution in [1.29, 1.82) is 0 Å². The van der Waals surface area contributed by atoms with E-state index in [1.54, 1.807) is 7.11 Å². The van der Waals surface area contributed by atoms with E-state index in [1.807, 2.05) is 25.1 Å². The van der Waals surface area contributed by atoms with Crippen molar-refractivity contribution in [2.75, 3.05) is 51.8 Å². The van der Waals surface area contributed by atoms with Gasteiger partial charge in [0.1, 0.15) is 0 Å². The first kappa shape index (κ1) is 22.3. The van der Waals surface area contributed by atoms with Crippen LogP contribution >= 0.6 is 0 Å². The lowest BCUT2D eigenvalue weighted by atomic mass is 9.97. The summed E-state index contributed by atoms with van der Waals surface area (Å²) in [4.78, 5) is 7.45. The first-order valence-electron chi connectivity index (χ1n) is 10.6. The molecule has 1 aromatic rings. The molecule has 6 heteroatoms. The summed E-state index contributed by atoms with van der Waals surface area (Å²) >= 11 is 0. The average molecular weight is 391 g/mol. The van der Waals surface area contributed by atoms with E-state index >= 15 is 0 Å². The summed E-state index contributed by atoms with van der Waals surface area (Å²) in [6, 6.07) is 5.87. The topological polar surface area (TPSA) is 58.1 Å². The maximum absolute atomic E-state index is 5.60. The van der Waals surface area contributed by atoms with Crippen LogP contribution in [0.1, 0.15) is 40.5 Å². The van der Waals surface area contributed by atoms with E-state index in [1.165, 1.54) is 25.9 Å². The smallest absolute Gasteiger partial charge is 0.195 e. The molecule has 0 saturated carbocycles. The minimum atomic E-state index is 0.614.